The highest BCUT2D eigenvalue weighted by molar-refractivity contribution is 5.96. The van der Waals surface area contributed by atoms with E-state index in [-0.39, 0.29) is 30.7 Å². The zero-order valence-electron chi connectivity index (χ0n) is 12.7. The van der Waals surface area contributed by atoms with E-state index in [1.165, 1.54) is 6.92 Å². The molecule has 0 fully saturated rings. The summed E-state index contributed by atoms with van der Waals surface area (Å²) >= 11 is 0. The van der Waals surface area contributed by atoms with Crippen molar-refractivity contribution in [3.63, 3.8) is 0 Å². The fourth-order valence-electron chi connectivity index (χ4n) is 1.57. The summed E-state index contributed by atoms with van der Waals surface area (Å²) in [6.07, 6.45) is -0.228. The second-order valence-electron chi connectivity index (χ2n) is 5.31. The highest BCUT2D eigenvalue weighted by atomic mass is 16.4. The van der Waals surface area contributed by atoms with Gasteiger partial charge < -0.3 is 15.7 Å². The number of urea groups is 1. The lowest BCUT2D eigenvalue weighted by molar-refractivity contribution is -0.138. The van der Waals surface area contributed by atoms with Crippen LogP contribution in [0.5, 0.6) is 0 Å². The summed E-state index contributed by atoms with van der Waals surface area (Å²) in [7, 11) is 0. The Morgan fingerprint density at radius 2 is 1.52 bits per heavy atom. The summed E-state index contributed by atoms with van der Waals surface area (Å²) in [6.45, 7) is 6.68. The average molecular weight is 301 g/mol. The first-order valence-electron chi connectivity index (χ1n) is 6.74. The number of rotatable bonds is 7. The molecule has 21 heavy (non-hydrogen) atoms. The maximum Gasteiger partial charge on any atom is 0.322 e. The monoisotopic (exact) mass is 301 g/mol. The largest absolute Gasteiger partial charge is 0.481 e. The average Bonchev–Trinajstić information content (AvgIpc) is 2.25. The topological polar surface area (TPSA) is 125 Å². The summed E-state index contributed by atoms with van der Waals surface area (Å²) in [4.78, 5) is 45.1. The second kappa shape index (κ2) is 8.93. The Hall–Kier alpha value is -2.12. The maximum absolute atomic E-state index is 11.6. The van der Waals surface area contributed by atoms with E-state index in [2.05, 4.69) is 16.0 Å². The molecule has 120 valence electrons. The molecule has 0 spiro atoms. The van der Waals surface area contributed by atoms with Crippen LogP contribution in [0.3, 0.4) is 0 Å². The normalized spacial score (nSPS) is 13.2. The molecule has 2 atom stereocenters. The Kier molecular flexibility index (Phi) is 8.03. The lowest BCUT2D eigenvalue weighted by atomic mass is 10.0. The van der Waals surface area contributed by atoms with E-state index in [4.69, 9.17) is 5.11 Å². The molecule has 2 unspecified atom stereocenters. The molecule has 4 N–H and O–H groups in total. The van der Waals surface area contributed by atoms with Gasteiger partial charge in [0.2, 0.25) is 11.8 Å². The quantitative estimate of drug-likeness (QED) is 0.535. The van der Waals surface area contributed by atoms with Gasteiger partial charge in [0.25, 0.3) is 0 Å². The minimum atomic E-state index is -1.00. The van der Waals surface area contributed by atoms with Crippen LogP contribution < -0.4 is 16.0 Å². The van der Waals surface area contributed by atoms with E-state index in [1.54, 1.807) is 20.8 Å². The zero-order chi connectivity index (χ0) is 16.6. The van der Waals surface area contributed by atoms with Crippen LogP contribution >= 0.6 is 0 Å². The first-order chi connectivity index (χ1) is 9.61. The molecule has 0 aliphatic rings. The van der Waals surface area contributed by atoms with E-state index in [1.807, 2.05) is 0 Å². The van der Waals surface area contributed by atoms with E-state index in [0.717, 1.165) is 0 Å². The molecule has 0 aromatic carbocycles. The van der Waals surface area contributed by atoms with E-state index in [9.17, 15) is 19.2 Å². The van der Waals surface area contributed by atoms with Gasteiger partial charge in [0.05, 0.1) is 0 Å². The smallest absolute Gasteiger partial charge is 0.322 e. The fraction of sp³-hybridized carbons (Fsp3) is 0.692. The van der Waals surface area contributed by atoms with E-state index >= 15 is 0 Å². The van der Waals surface area contributed by atoms with Crippen molar-refractivity contribution >= 4 is 23.8 Å². The van der Waals surface area contributed by atoms with E-state index in [0.29, 0.717) is 0 Å². The van der Waals surface area contributed by atoms with Gasteiger partial charge in [0, 0.05) is 18.9 Å². The van der Waals surface area contributed by atoms with Gasteiger partial charge in [-0.2, -0.15) is 0 Å². The number of amides is 4. The summed E-state index contributed by atoms with van der Waals surface area (Å²) in [6, 6.07) is -1.62. The van der Waals surface area contributed by atoms with Crippen molar-refractivity contribution in [2.45, 2.75) is 52.6 Å². The fourth-order valence-corrected chi connectivity index (χ4v) is 1.57. The van der Waals surface area contributed by atoms with Crippen LogP contribution in [0.25, 0.3) is 0 Å². The summed E-state index contributed by atoms with van der Waals surface area (Å²) < 4.78 is 0. The molecule has 0 heterocycles. The molecule has 0 aliphatic heterocycles. The van der Waals surface area contributed by atoms with Crippen LogP contribution in [-0.2, 0) is 14.4 Å². The molecule has 0 bridgehead atoms. The standard InChI is InChI=1S/C13H23N3O5/c1-7(2)14-12(20)9(4)15-13(21)16-10(17)5-8(3)6-11(18)19/h7-9H,5-6H2,1-4H3,(H,14,20)(H,18,19)(H2,15,16,17,21). The van der Waals surface area contributed by atoms with Crippen molar-refractivity contribution in [3.05, 3.63) is 0 Å². The van der Waals surface area contributed by atoms with Gasteiger partial charge in [-0.05, 0) is 26.7 Å². The predicted molar refractivity (Wildman–Crippen MR) is 75.4 cm³/mol. The van der Waals surface area contributed by atoms with Crippen molar-refractivity contribution in [3.8, 4) is 0 Å². The molecule has 0 saturated heterocycles. The van der Waals surface area contributed by atoms with Gasteiger partial charge >= 0.3 is 12.0 Å². The zero-order valence-corrected chi connectivity index (χ0v) is 12.7. The van der Waals surface area contributed by atoms with Gasteiger partial charge in [-0.3, -0.25) is 19.7 Å². The van der Waals surface area contributed by atoms with Crippen LogP contribution in [0.2, 0.25) is 0 Å². The Morgan fingerprint density at radius 3 is 2.00 bits per heavy atom. The van der Waals surface area contributed by atoms with Crippen LogP contribution in [0.4, 0.5) is 4.79 Å². The van der Waals surface area contributed by atoms with Crippen molar-refractivity contribution in [2.24, 2.45) is 5.92 Å². The predicted octanol–water partition coefficient (Wildman–Crippen LogP) is 0.226. The molecule has 4 amide bonds. The lowest BCUT2D eigenvalue weighted by Crippen LogP contribution is -2.50. The Balaban J connectivity index is 4.16. The molecule has 0 saturated carbocycles. The number of hydrogen-bond acceptors (Lipinski definition) is 4. The summed E-state index contributed by atoms with van der Waals surface area (Å²) in [5.41, 5.74) is 0. The van der Waals surface area contributed by atoms with Gasteiger partial charge in [0.15, 0.2) is 0 Å². The van der Waals surface area contributed by atoms with Crippen molar-refractivity contribution in [1.82, 2.24) is 16.0 Å². The Labute approximate surface area is 123 Å². The van der Waals surface area contributed by atoms with Gasteiger partial charge in [0.1, 0.15) is 6.04 Å². The second-order valence-corrected chi connectivity index (χ2v) is 5.31. The number of nitrogens with one attached hydrogen (secondary N) is 3. The molecule has 0 aliphatic carbocycles. The number of imide groups is 1. The molecule has 0 aromatic heterocycles. The molecule has 0 radical (unpaired) electrons. The summed E-state index contributed by atoms with van der Waals surface area (Å²) in [5, 5.41) is 15.6. The minimum Gasteiger partial charge on any atom is -0.481 e. The van der Waals surface area contributed by atoms with Gasteiger partial charge in [-0.1, -0.05) is 6.92 Å². The lowest BCUT2D eigenvalue weighted by Gasteiger charge is -2.16. The third kappa shape index (κ3) is 9.42. The van der Waals surface area contributed by atoms with E-state index < -0.39 is 23.9 Å². The van der Waals surface area contributed by atoms with Crippen LogP contribution in [0.1, 0.15) is 40.5 Å². The van der Waals surface area contributed by atoms with Crippen LogP contribution in [0, 0.1) is 5.92 Å². The van der Waals surface area contributed by atoms with Crippen LogP contribution in [-0.4, -0.2) is 41.0 Å². The number of aliphatic carboxylic acids is 1. The Bertz CT molecular complexity index is 409. The SMILES string of the molecule is CC(CC(=O)O)CC(=O)NC(=O)NC(C)C(=O)NC(C)C. The number of carbonyl (C=O) groups excluding carboxylic acids is 3. The Morgan fingerprint density at radius 1 is 0.952 bits per heavy atom. The molecular weight excluding hydrogens is 278 g/mol. The molecular formula is C13H23N3O5. The molecule has 0 rings (SSSR count). The molecule has 0 aromatic rings. The summed E-state index contributed by atoms with van der Waals surface area (Å²) in [5.74, 6) is -2.32. The maximum atomic E-state index is 11.6. The minimum absolute atomic E-state index is 0.0525. The van der Waals surface area contributed by atoms with Gasteiger partial charge in [-0.25, -0.2) is 4.79 Å². The van der Waals surface area contributed by atoms with Crippen molar-refractivity contribution in [1.29, 1.82) is 0 Å². The first-order valence-corrected chi connectivity index (χ1v) is 6.74. The highest BCUT2D eigenvalue weighted by Gasteiger charge is 2.18. The molecule has 8 nitrogen and oxygen atoms in total. The molecule has 8 heteroatoms. The number of carbonyl (C=O) groups is 4. The first kappa shape index (κ1) is 18.9. The third-order valence-corrected chi connectivity index (χ3v) is 2.48. The van der Waals surface area contributed by atoms with Crippen LogP contribution in [0.15, 0.2) is 0 Å². The number of hydrogen-bond donors (Lipinski definition) is 4. The number of carboxylic acid groups (broad SMARTS) is 1. The number of carboxylic acids is 1. The van der Waals surface area contributed by atoms with Crippen molar-refractivity contribution < 1.29 is 24.3 Å². The van der Waals surface area contributed by atoms with Crippen molar-refractivity contribution in [2.75, 3.05) is 0 Å². The van der Waals surface area contributed by atoms with Gasteiger partial charge in [-0.15, -0.1) is 0 Å². The third-order valence-electron chi connectivity index (χ3n) is 2.48. The highest BCUT2D eigenvalue weighted by Crippen LogP contribution is 2.06.